The maximum atomic E-state index is 10.2. The van der Waals surface area contributed by atoms with Crippen molar-refractivity contribution in [3.05, 3.63) is 53.1 Å². The van der Waals surface area contributed by atoms with Crippen LogP contribution < -0.4 is 0 Å². The van der Waals surface area contributed by atoms with Gasteiger partial charge in [0.25, 0.3) is 0 Å². The van der Waals surface area contributed by atoms with Crippen LogP contribution in [-0.4, -0.2) is 20.1 Å². The van der Waals surface area contributed by atoms with Crippen LogP contribution in [0.1, 0.15) is 22.5 Å². The normalized spacial score (nSPS) is 12.7. The predicted octanol–water partition coefficient (Wildman–Crippen LogP) is 2.67. The summed E-state index contributed by atoms with van der Waals surface area (Å²) in [5, 5.41) is 11.1. The van der Waals surface area contributed by atoms with Gasteiger partial charge in [-0.05, 0) is 19.1 Å². The molecule has 0 bridgehead atoms. The number of aliphatic hydroxyl groups is 1. The lowest BCUT2D eigenvalue weighted by atomic mass is 10.2. The molecule has 0 aliphatic rings. The molecule has 1 atom stereocenters. The van der Waals surface area contributed by atoms with Gasteiger partial charge in [0, 0.05) is 12.6 Å². The third-order valence-corrected chi connectivity index (χ3v) is 3.91. The van der Waals surface area contributed by atoms with E-state index in [0.29, 0.717) is 12.1 Å². The van der Waals surface area contributed by atoms with E-state index in [1.807, 2.05) is 31.2 Å². The third-order valence-electron chi connectivity index (χ3n) is 2.85. The average Bonchev–Trinajstić information content (AvgIpc) is 2.81. The standard InChI is InChI=1S/C14H13N3OS/c1-9-7-16-11(8-15-9)12(18)6-14-17-10-4-2-3-5-13(10)19-14/h2-5,7-8,12,18H,6H2,1H3. The largest absolute Gasteiger partial charge is 0.386 e. The van der Waals surface area contributed by atoms with E-state index in [-0.39, 0.29) is 0 Å². The molecule has 0 aliphatic carbocycles. The number of benzene rings is 1. The third kappa shape index (κ3) is 2.62. The number of thiazole rings is 1. The summed E-state index contributed by atoms with van der Waals surface area (Å²) in [6.07, 6.45) is 3.09. The molecule has 4 nitrogen and oxygen atoms in total. The van der Waals surface area contributed by atoms with Gasteiger partial charge in [-0.1, -0.05) is 12.1 Å². The molecular weight excluding hydrogens is 258 g/mol. The quantitative estimate of drug-likeness (QED) is 0.795. The molecule has 3 aromatic rings. The van der Waals surface area contributed by atoms with E-state index < -0.39 is 6.10 Å². The Balaban J connectivity index is 1.82. The van der Waals surface area contributed by atoms with E-state index in [2.05, 4.69) is 15.0 Å². The van der Waals surface area contributed by atoms with Crippen molar-refractivity contribution in [2.24, 2.45) is 0 Å². The molecular formula is C14H13N3OS. The number of aromatic nitrogens is 3. The number of aliphatic hydroxyl groups excluding tert-OH is 1. The second-order valence-electron chi connectivity index (χ2n) is 4.38. The second-order valence-corrected chi connectivity index (χ2v) is 5.49. The van der Waals surface area contributed by atoms with Crippen LogP contribution in [0.2, 0.25) is 0 Å². The zero-order chi connectivity index (χ0) is 13.2. The molecule has 0 spiro atoms. The number of hydrogen-bond donors (Lipinski definition) is 1. The van der Waals surface area contributed by atoms with Gasteiger partial charge in [0.05, 0.1) is 32.8 Å². The fourth-order valence-electron chi connectivity index (χ4n) is 1.85. The number of fused-ring (bicyclic) bond motifs is 1. The van der Waals surface area contributed by atoms with Crippen LogP contribution in [-0.2, 0) is 6.42 Å². The number of aryl methyl sites for hydroxylation is 1. The van der Waals surface area contributed by atoms with Crippen molar-refractivity contribution in [2.45, 2.75) is 19.4 Å². The van der Waals surface area contributed by atoms with Crippen molar-refractivity contribution in [1.82, 2.24) is 15.0 Å². The van der Waals surface area contributed by atoms with Gasteiger partial charge in [0.2, 0.25) is 0 Å². The maximum Gasteiger partial charge on any atom is 0.104 e. The Morgan fingerprint density at radius 1 is 1.21 bits per heavy atom. The lowest BCUT2D eigenvalue weighted by Crippen LogP contribution is -2.04. The Hall–Kier alpha value is -1.85. The van der Waals surface area contributed by atoms with Crippen LogP contribution in [0.4, 0.5) is 0 Å². The summed E-state index contributed by atoms with van der Waals surface area (Å²) < 4.78 is 1.14. The minimum Gasteiger partial charge on any atom is -0.386 e. The van der Waals surface area contributed by atoms with Gasteiger partial charge in [0.15, 0.2) is 0 Å². The number of nitrogens with zero attached hydrogens (tertiary/aromatic N) is 3. The van der Waals surface area contributed by atoms with Crippen LogP contribution in [0.3, 0.4) is 0 Å². The van der Waals surface area contributed by atoms with E-state index in [9.17, 15) is 5.11 Å². The average molecular weight is 271 g/mol. The summed E-state index contributed by atoms with van der Waals surface area (Å²) in [6.45, 7) is 1.87. The molecule has 0 aliphatic heterocycles. The fraction of sp³-hybridized carbons (Fsp3) is 0.214. The predicted molar refractivity (Wildman–Crippen MR) is 75.1 cm³/mol. The van der Waals surface area contributed by atoms with Gasteiger partial charge >= 0.3 is 0 Å². The Labute approximate surface area is 114 Å². The van der Waals surface area contributed by atoms with Crippen molar-refractivity contribution in [1.29, 1.82) is 0 Å². The Bertz CT molecular complexity index is 660. The Kier molecular flexibility index (Phi) is 3.23. The first-order valence-corrected chi connectivity index (χ1v) is 6.85. The summed E-state index contributed by atoms with van der Waals surface area (Å²) >= 11 is 1.60. The molecule has 0 amide bonds. The Morgan fingerprint density at radius 2 is 2.05 bits per heavy atom. The molecule has 0 saturated carbocycles. The summed E-state index contributed by atoms with van der Waals surface area (Å²) in [6, 6.07) is 7.97. The summed E-state index contributed by atoms with van der Waals surface area (Å²) in [4.78, 5) is 12.8. The van der Waals surface area contributed by atoms with E-state index in [1.165, 1.54) is 0 Å². The summed E-state index contributed by atoms with van der Waals surface area (Å²) in [7, 11) is 0. The van der Waals surface area contributed by atoms with E-state index in [4.69, 9.17) is 0 Å². The van der Waals surface area contributed by atoms with Gasteiger partial charge in [-0.2, -0.15) is 0 Å². The SMILES string of the molecule is Cc1cnc(C(O)Cc2nc3ccccc3s2)cn1. The Morgan fingerprint density at radius 3 is 2.79 bits per heavy atom. The first-order valence-electron chi connectivity index (χ1n) is 6.03. The number of para-hydroxylation sites is 1. The van der Waals surface area contributed by atoms with Crippen LogP contribution in [0.15, 0.2) is 36.7 Å². The highest BCUT2D eigenvalue weighted by molar-refractivity contribution is 7.18. The summed E-state index contributed by atoms with van der Waals surface area (Å²) in [5.41, 5.74) is 2.41. The second kappa shape index (κ2) is 5.03. The molecule has 3 rings (SSSR count). The van der Waals surface area contributed by atoms with Crippen molar-refractivity contribution in [2.75, 3.05) is 0 Å². The van der Waals surface area contributed by atoms with Crippen LogP contribution in [0.25, 0.3) is 10.2 Å². The van der Waals surface area contributed by atoms with E-state index in [0.717, 1.165) is 20.9 Å². The highest BCUT2D eigenvalue weighted by Crippen LogP contribution is 2.25. The molecule has 19 heavy (non-hydrogen) atoms. The molecule has 5 heteroatoms. The van der Waals surface area contributed by atoms with Gasteiger partial charge in [0.1, 0.15) is 6.10 Å². The lowest BCUT2D eigenvalue weighted by Gasteiger charge is -2.07. The molecule has 0 saturated heterocycles. The smallest absolute Gasteiger partial charge is 0.104 e. The fourth-order valence-corrected chi connectivity index (χ4v) is 2.86. The molecule has 2 aromatic heterocycles. The highest BCUT2D eigenvalue weighted by atomic mass is 32.1. The maximum absolute atomic E-state index is 10.2. The number of rotatable bonds is 3. The minimum atomic E-state index is -0.659. The topological polar surface area (TPSA) is 58.9 Å². The molecule has 2 heterocycles. The molecule has 1 N–H and O–H groups in total. The van der Waals surface area contributed by atoms with Crippen molar-refractivity contribution in [3.8, 4) is 0 Å². The van der Waals surface area contributed by atoms with E-state index in [1.54, 1.807) is 23.7 Å². The zero-order valence-corrected chi connectivity index (χ0v) is 11.3. The van der Waals surface area contributed by atoms with Gasteiger partial charge < -0.3 is 5.11 Å². The monoisotopic (exact) mass is 271 g/mol. The first-order chi connectivity index (χ1) is 9.22. The zero-order valence-electron chi connectivity index (χ0n) is 10.4. The molecule has 1 aromatic carbocycles. The van der Waals surface area contributed by atoms with E-state index >= 15 is 0 Å². The van der Waals surface area contributed by atoms with Crippen molar-refractivity contribution >= 4 is 21.6 Å². The molecule has 0 radical (unpaired) electrons. The van der Waals surface area contributed by atoms with Crippen LogP contribution >= 0.6 is 11.3 Å². The minimum absolute atomic E-state index is 0.469. The molecule has 0 fully saturated rings. The number of hydrogen-bond acceptors (Lipinski definition) is 5. The van der Waals surface area contributed by atoms with Crippen LogP contribution in [0.5, 0.6) is 0 Å². The molecule has 96 valence electrons. The summed E-state index contributed by atoms with van der Waals surface area (Å²) in [5.74, 6) is 0. The first kappa shape index (κ1) is 12.2. The molecule has 1 unspecified atom stereocenters. The van der Waals surface area contributed by atoms with Crippen molar-refractivity contribution in [3.63, 3.8) is 0 Å². The van der Waals surface area contributed by atoms with Crippen LogP contribution in [0, 0.1) is 6.92 Å². The highest BCUT2D eigenvalue weighted by Gasteiger charge is 2.13. The lowest BCUT2D eigenvalue weighted by molar-refractivity contribution is 0.173. The van der Waals surface area contributed by atoms with Gasteiger partial charge in [-0.15, -0.1) is 11.3 Å². The van der Waals surface area contributed by atoms with Gasteiger partial charge in [-0.3, -0.25) is 9.97 Å². The van der Waals surface area contributed by atoms with Gasteiger partial charge in [-0.25, -0.2) is 4.98 Å². The van der Waals surface area contributed by atoms with Crippen molar-refractivity contribution < 1.29 is 5.11 Å².